The first-order valence-electron chi connectivity index (χ1n) is 11.6. The first-order valence-corrected chi connectivity index (χ1v) is 11.6. The Bertz CT molecular complexity index is 1040. The van der Waals surface area contributed by atoms with Crippen molar-refractivity contribution in [3.63, 3.8) is 0 Å². The average Bonchev–Trinajstić information content (AvgIpc) is 3.32. The van der Waals surface area contributed by atoms with Crippen LogP contribution in [0.4, 0.5) is 5.82 Å². The van der Waals surface area contributed by atoms with E-state index in [1.807, 2.05) is 23.0 Å². The van der Waals surface area contributed by atoms with Gasteiger partial charge in [0.1, 0.15) is 11.6 Å². The SMILES string of the molecule is Nc1cc(OCCCN2CCOCC2)c2ccc(-c3ccnn3C3CCCCO3)cc2n1. The van der Waals surface area contributed by atoms with Gasteiger partial charge in [0.05, 0.1) is 31.0 Å². The lowest BCUT2D eigenvalue weighted by Gasteiger charge is -2.26. The van der Waals surface area contributed by atoms with Crippen molar-refractivity contribution in [2.24, 2.45) is 0 Å². The summed E-state index contributed by atoms with van der Waals surface area (Å²) in [6, 6.07) is 10.1. The first kappa shape index (κ1) is 21.2. The zero-order valence-corrected chi connectivity index (χ0v) is 18.4. The Morgan fingerprint density at radius 3 is 2.84 bits per heavy atom. The van der Waals surface area contributed by atoms with Crippen LogP contribution in [0.25, 0.3) is 22.2 Å². The van der Waals surface area contributed by atoms with Gasteiger partial charge in [-0.15, -0.1) is 0 Å². The molecule has 32 heavy (non-hydrogen) atoms. The van der Waals surface area contributed by atoms with E-state index in [4.69, 9.17) is 19.9 Å². The number of ether oxygens (including phenoxy) is 3. The highest BCUT2D eigenvalue weighted by molar-refractivity contribution is 5.90. The summed E-state index contributed by atoms with van der Waals surface area (Å²) in [7, 11) is 0. The van der Waals surface area contributed by atoms with Crippen LogP contribution in [0, 0.1) is 0 Å². The van der Waals surface area contributed by atoms with Crippen molar-refractivity contribution in [1.29, 1.82) is 0 Å². The maximum Gasteiger partial charge on any atom is 0.150 e. The summed E-state index contributed by atoms with van der Waals surface area (Å²) in [6.45, 7) is 6.07. The fourth-order valence-electron chi connectivity index (χ4n) is 4.48. The number of rotatable bonds is 7. The Morgan fingerprint density at radius 2 is 2.00 bits per heavy atom. The van der Waals surface area contributed by atoms with Gasteiger partial charge in [0.15, 0.2) is 6.23 Å². The van der Waals surface area contributed by atoms with E-state index in [-0.39, 0.29) is 6.23 Å². The summed E-state index contributed by atoms with van der Waals surface area (Å²) >= 11 is 0. The maximum atomic E-state index is 6.13. The number of benzene rings is 1. The van der Waals surface area contributed by atoms with Crippen LogP contribution in [-0.4, -0.2) is 65.7 Å². The smallest absolute Gasteiger partial charge is 0.150 e. The van der Waals surface area contributed by atoms with Crippen LogP contribution in [-0.2, 0) is 9.47 Å². The Hall–Kier alpha value is -2.68. The van der Waals surface area contributed by atoms with Gasteiger partial charge < -0.3 is 19.9 Å². The molecule has 1 aromatic carbocycles. The molecule has 2 aliphatic rings. The third kappa shape index (κ3) is 4.72. The fourth-order valence-corrected chi connectivity index (χ4v) is 4.48. The highest BCUT2D eigenvalue weighted by Gasteiger charge is 2.20. The summed E-state index contributed by atoms with van der Waals surface area (Å²) < 4.78 is 19.5. The second-order valence-corrected chi connectivity index (χ2v) is 8.42. The molecule has 5 rings (SSSR count). The van der Waals surface area contributed by atoms with Crippen molar-refractivity contribution in [3.8, 4) is 17.0 Å². The van der Waals surface area contributed by atoms with E-state index >= 15 is 0 Å². The molecule has 1 atom stereocenters. The quantitative estimate of drug-likeness (QED) is 0.566. The van der Waals surface area contributed by atoms with Crippen LogP contribution < -0.4 is 10.5 Å². The number of hydrogen-bond acceptors (Lipinski definition) is 7. The molecule has 2 aliphatic heterocycles. The molecule has 2 aromatic heterocycles. The highest BCUT2D eigenvalue weighted by Crippen LogP contribution is 2.33. The van der Waals surface area contributed by atoms with E-state index in [9.17, 15) is 0 Å². The molecule has 2 saturated heterocycles. The normalized spacial score (nSPS) is 19.9. The average molecular weight is 438 g/mol. The molecule has 8 heteroatoms. The summed E-state index contributed by atoms with van der Waals surface area (Å²) in [4.78, 5) is 6.98. The first-order chi connectivity index (χ1) is 15.8. The number of aromatic nitrogens is 3. The third-order valence-corrected chi connectivity index (χ3v) is 6.17. The van der Waals surface area contributed by atoms with Gasteiger partial charge in [0.25, 0.3) is 0 Å². The molecular weight excluding hydrogens is 406 g/mol. The lowest BCUT2D eigenvalue weighted by atomic mass is 10.1. The van der Waals surface area contributed by atoms with Crippen LogP contribution >= 0.6 is 0 Å². The molecule has 3 aromatic rings. The Labute approximate surface area is 188 Å². The molecule has 4 heterocycles. The predicted octanol–water partition coefficient (Wildman–Crippen LogP) is 3.48. The van der Waals surface area contributed by atoms with Gasteiger partial charge in [0, 0.05) is 49.5 Å². The van der Waals surface area contributed by atoms with E-state index in [0.717, 1.165) is 93.0 Å². The number of nitrogens with zero attached hydrogens (tertiary/aromatic N) is 4. The molecule has 1 unspecified atom stereocenters. The van der Waals surface area contributed by atoms with Crippen molar-refractivity contribution < 1.29 is 14.2 Å². The van der Waals surface area contributed by atoms with E-state index in [0.29, 0.717) is 12.4 Å². The Kier molecular flexibility index (Phi) is 6.52. The van der Waals surface area contributed by atoms with Crippen LogP contribution in [0.2, 0.25) is 0 Å². The van der Waals surface area contributed by atoms with E-state index in [2.05, 4.69) is 33.2 Å². The number of pyridine rings is 1. The summed E-state index contributed by atoms with van der Waals surface area (Å²) in [5.41, 5.74) is 9.00. The molecule has 170 valence electrons. The lowest BCUT2D eigenvalue weighted by molar-refractivity contribution is -0.0383. The molecule has 0 amide bonds. The van der Waals surface area contributed by atoms with Gasteiger partial charge >= 0.3 is 0 Å². The zero-order valence-electron chi connectivity index (χ0n) is 18.4. The largest absolute Gasteiger partial charge is 0.493 e. The molecule has 0 radical (unpaired) electrons. The molecule has 0 spiro atoms. The summed E-state index contributed by atoms with van der Waals surface area (Å²) in [6.07, 6.45) is 6.03. The second-order valence-electron chi connectivity index (χ2n) is 8.42. The number of nitrogens with two attached hydrogens (primary N) is 1. The Morgan fingerprint density at radius 1 is 1.09 bits per heavy atom. The maximum absolute atomic E-state index is 6.13. The van der Waals surface area contributed by atoms with Crippen LogP contribution in [0.1, 0.15) is 31.9 Å². The van der Waals surface area contributed by atoms with Crippen molar-refractivity contribution >= 4 is 16.7 Å². The predicted molar refractivity (Wildman–Crippen MR) is 124 cm³/mol. The molecule has 0 bridgehead atoms. The molecule has 2 N–H and O–H groups in total. The molecule has 8 nitrogen and oxygen atoms in total. The monoisotopic (exact) mass is 437 g/mol. The van der Waals surface area contributed by atoms with Crippen LogP contribution in [0.15, 0.2) is 36.5 Å². The van der Waals surface area contributed by atoms with Gasteiger partial charge in [-0.2, -0.15) is 5.10 Å². The van der Waals surface area contributed by atoms with Gasteiger partial charge in [-0.3, -0.25) is 4.90 Å². The van der Waals surface area contributed by atoms with E-state index in [1.165, 1.54) is 0 Å². The van der Waals surface area contributed by atoms with Crippen molar-refractivity contribution in [1.82, 2.24) is 19.7 Å². The van der Waals surface area contributed by atoms with Crippen molar-refractivity contribution in [2.45, 2.75) is 31.9 Å². The molecule has 0 saturated carbocycles. The number of morpholine rings is 1. The second kappa shape index (κ2) is 9.85. The van der Waals surface area contributed by atoms with E-state index < -0.39 is 0 Å². The van der Waals surface area contributed by atoms with Crippen molar-refractivity contribution in [3.05, 3.63) is 36.5 Å². The number of anilines is 1. The number of fused-ring (bicyclic) bond motifs is 1. The fraction of sp³-hybridized carbons (Fsp3) is 0.500. The summed E-state index contributed by atoms with van der Waals surface area (Å²) in [5.74, 6) is 1.24. The van der Waals surface area contributed by atoms with Crippen LogP contribution in [0.3, 0.4) is 0 Å². The van der Waals surface area contributed by atoms with E-state index in [1.54, 1.807) is 0 Å². The standard InChI is InChI=1S/C24H31N5O3/c25-23-17-22(31-13-3-9-28-10-14-30-15-11-28)19-6-5-18(16-20(19)27-23)21-7-8-26-29(21)24-4-1-2-12-32-24/h5-8,16-17,24H,1-4,9-15H2,(H2,25,27). The minimum Gasteiger partial charge on any atom is -0.493 e. The minimum absolute atomic E-state index is 0.0105. The zero-order chi connectivity index (χ0) is 21.8. The van der Waals surface area contributed by atoms with Crippen LogP contribution in [0.5, 0.6) is 5.75 Å². The Balaban J connectivity index is 1.32. The minimum atomic E-state index is -0.0105. The number of nitrogen functional groups attached to an aromatic ring is 1. The van der Waals surface area contributed by atoms with Gasteiger partial charge in [-0.25, -0.2) is 9.67 Å². The molecular formula is C24H31N5O3. The van der Waals surface area contributed by atoms with Crippen molar-refractivity contribution in [2.75, 3.05) is 51.8 Å². The lowest BCUT2D eigenvalue weighted by Crippen LogP contribution is -2.37. The topological polar surface area (TPSA) is 87.7 Å². The third-order valence-electron chi connectivity index (χ3n) is 6.17. The van der Waals surface area contributed by atoms with Gasteiger partial charge in [-0.1, -0.05) is 6.07 Å². The van der Waals surface area contributed by atoms with Gasteiger partial charge in [0.2, 0.25) is 0 Å². The summed E-state index contributed by atoms with van der Waals surface area (Å²) in [5, 5.41) is 5.50. The molecule has 0 aliphatic carbocycles. The highest BCUT2D eigenvalue weighted by atomic mass is 16.5. The number of hydrogen-bond donors (Lipinski definition) is 1. The molecule has 2 fully saturated rings. The van der Waals surface area contributed by atoms with Gasteiger partial charge in [-0.05, 0) is 43.9 Å².